The van der Waals surface area contributed by atoms with Crippen LogP contribution in [0.4, 0.5) is 14.5 Å². The van der Waals surface area contributed by atoms with E-state index >= 15 is 0 Å². The standard InChI is InChI=1S/C14H10F2N2O/c15-12-3-1-2-9(14(12)16)8-19-13-5-4-11(18)6-10(13)7-17/h1-6H,8,18H2. The summed E-state index contributed by atoms with van der Waals surface area (Å²) in [7, 11) is 0. The van der Waals surface area contributed by atoms with Gasteiger partial charge < -0.3 is 10.5 Å². The average molecular weight is 260 g/mol. The highest BCUT2D eigenvalue weighted by Gasteiger charge is 2.09. The van der Waals surface area contributed by atoms with Crippen LogP contribution in [0.2, 0.25) is 0 Å². The highest BCUT2D eigenvalue weighted by Crippen LogP contribution is 2.22. The second-order valence-electron chi connectivity index (χ2n) is 3.87. The Morgan fingerprint density at radius 2 is 2.00 bits per heavy atom. The largest absolute Gasteiger partial charge is 0.487 e. The molecule has 0 aliphatic rings. The maximum atomic E-state index is 13.4. The van der Waals surface area contributed by atoms with Gasteiger partial charge in [0.1, 0.15) is 18.4 Å². The van der Waals surface area contributed by atoms with E-state index in [0.29, 0.717) is 5.69 Å². The zero-order valence-electron chi connectivity index (χ0n) is 9.86. The van der Waals surface area contributed by atoms with Crippen LogP contribution in [0.3, 0.4) is 0 Å². The lowest BCUT2D eigenvalue weighted by atomic mass is 10.2. The molecule has 0 spiro atoms. The molecule has 0 unspecified atom stereocenters. The molecule has 0 amide bonds. The molecule has 96 valence electrons. The molecule has 2 N–H and O–H groups in total. The number of hydrogen-bond acceptors (Lipinski definition) is 3. The van der Waals surface area contributed by atoms with Gasteiger partial charge in [-0.1, -0.05) is 12.1 Å². The molecule has 0 aliphatic carbocycles. The van der Waals surface area contributed by atoms with E-state index in [1.165, 1.54) is 24.3 Å². The summed E-state index contributed by atoms with van der Waals surface area (Å²) in [6.45, 7) is -0.164. The third-order valence-electron chi connectivity index (χ3n) is 2.54. The summed E-state index contributed by atoms with van der Waals surface area (Å²) in [5.74, 6) is -1.60. The number of ether oxygens (including phenoxy) is 1. The fraction of sp³-hybridized carbons (Fsp3) is 0.0714. The number of nitrogen functional groups attached to an aromatic ring is 1. The molecular weight excluding hydrogens is 250 g/mol. The Morgan fingerprint density at radius 1 is 1.21 bits per heavy atom. The molecule has 2 aromatic carbocycles. The number of rotatable bonds is 3. The van der Waals surface area contributed by atoms with Gasteiger partial charge in [-0.2, -0.15) is 5.26 Å². The van der Waals surface area contributed by atoms with Crippen molar-refractivity contribution in [3.8, 4) is 11.8 Å². The van der Waals surface area contributed by atoms with Gasteiger partial charge in [0.05, 0.1) is 5.56 Å². The molecule has 2 aromatic rings. The first-order valence-electron chi connectivity index (χ1n) is 5.47. The molecule has 3 nitrogen and oxygen atoms in total. The van der Waals surface area contributed by atoms with Crippen molar-refractivity contribution in [2.75, 3.05) is 5.73 Å². The first-order valence-corrected chi connectivity index (χ1v) is 5.47. The van der Waals surface area contributed by atoms with E-state index in [2.05, 4.69) is 0 Å². The van der Waals surface area contributed by atoms with E-state index in [1.54, 1.807) is 6.07 Å². The third kappa shape index (κ3) is 2.80. The molecule has 0 saturated heterocycles. The molecule has 0 bridgehead atoms. The lowest BCUT2D eigenvalue weighted by molar-refractivity contribution is 0.296. The summed E-state index contributed by atoms with van der Waals surface area (Å²) in [5.41, 5.74) is 6.30. The fourth-order valence-corrected chi connectivity index (χ4v) is 1.58. The Labute approximate surface area is 108 Å². The van der Waals surface area contributed by atoms with Crippen LogP contribution >= 0.6 is 0 Å². The number of hydrogen-bond donors (Lipinski definition) is 1. The predicted octanol–water partition coefficient (Wildman–Crippen LogP) is 3.00. The van der Waals surface area contributed by atoms with Crippen LogP contribution < -0.4 is 10.5 Å². The van der Waals surface area contributed by atoms with Crippen LogP contribution in [0.5, 0.6) is 5.75 Å². The SMILES string of the molecule is N#Cc1cc(N)ccc1OCc1cccc(F)c1F. The first kappa shape index (κ1) is 12.8. The van der Waals surface area contributed by atoms with Gasteiger partial charge in [-0.15, -0.1) is 0 Å². The van der Waals surface area contributed by atoms with Crippen molar-refractivity contribution in [1.82, 2.24) is 0 Å². The number of anilines is 1. The first-order chi connectivity index (χ1) is 9.11. The van der Waals surface area contributed by atoms with Crippen molar-refractivity contribution in [1.29, 1.82) is 5.26 Å². The van der Waals surface area contributed by atoms with Crippen LogP contribution in [0.15, 0.2) is 36.4 Å². The van der Waals surface area contributed by atoms with Crippen LogP contribution in [-0.4, -0.2) is 0 Å². The molecule has 0 fully saturated rings. The Morgan fingerprint density at radius 3 is 2.74 bits per heavy atom. The number of benzene rings is 2. The molecule has 5 heteroatoms. The molecule has 0 aliphatic heterocycles. The summed E-state index contributed by atoms with van der Waals surface area (Å²) in [6.07, 6.45) is 0. The average Bonchev–Trinajstić information content (AvgIpc) is 2.41. The maximum Gasteiger partial charge on any atom is 0.165 e. The highest BCUT2D eigenvalue weighted by atomic mass is 19.2. The topological polar surface area (TPSA) is 59.0 Å². The number of halogens is 2. The van der Waals surface area contributed by atoms with E-state index < -0.39 is 11.6 Å². The monoisotopic (exact) mass is 260 g/mol. The highest BCUT2D eigenvalue weighted by molar-refractivity contribution is 5.53. The zero-order chi connectivity index (χ0) is 13.8. The van der Waals surface area contributed by atoms with Gasteiger partial charge >= 0.3 is 0 Å². The molecule has 0 radical (unpaired) electrons. The Hall–Kier alpha value is -2.61. The van der Waals surface area contributed by atoms with Crippen LogP contribution in [0, 0.1) is 23.0 Å². The number of nitrogens with two attached hydrogens (primary N) is 1. The van der Waals surface area contributed by atoms with Crippen molar-refractivity contribution in [2.24, 2.45) is 0 Å². The summed E-state index contributed by atoms with van der Waals surface area (Å²) in [6, 6.07) is 10.3. The quantitative estimate of drug-likeness (QED) is 0.863. The van der Waals surface area contributed by atoms with Crippen molar-refractivity contribution >= 4 is 5.69 Å². The second kappa shape index (κ2) is 5.36. The zero-order valence-corrected chi connectivity index (χ0v) is 9.86. The summed E-state index contributed by atoms with van der Waals surface area (Å²) >= 11 is 0. The minimum atomic E-state index is -0.948. The van der Waals surface area contributed by atoms with Gasteiger partial charge in [0.2, 0.25) is 0 Å². The van der Waals surface area contributed by atoms with Crippen LogP contribution in [0.25, 0.3) is 0 Å². The molecule has 0 saturated carbocycles. The Balaban J connectivity index is 2.20. The van der Waals surface area contributed by atoms with E-state index in [-0.39, 0.29) is 23.5 Å². The third-order valence-corrected chi connectivity index (χ3v) is 2.54. The summed E-state index contributed by atoms with van der Waals surface area (Å²) in [4.78, 5) is 0. The van der Waals surface area contributed by atoms with E-state index in [9.17, 15) is 8.78 Å². The minimum Gasteiger partial charge on any atom is -0.487 e. The van der Waals surface area contributed by atoms with Gasteiger partial charge in [0, 0.05) is 11.3 Å². The summed E-state index contributed by atoms with van der Waals surface area (Å²) in [5, 5.41) is 8.92. The summed E-state index contributed by atoms with van der Waals surface area (Å²) < 4.78 is 31.7. The second-order valence-corrected chi connectivity index (χ2v) is 3.87. The van der Waals surface area contributed by atoms with Crippen molar-refractivity contribution in [3.63, 3.8) is 0 Å². The lowest BCUT2D eigenvalue weighted by Gasteiger charge is -2.09. The molecule has 2 rings (SSSR count). The Kier molecular flexibility index (Phi) is 3.62. The van der Waals surface area contributed by atoms with Crippen molar-refractivity contribution in [3.05, 3.63) is 59.2 Å². The maximum absolute atomic E-state index is 13.4. The van der Waals surface area contributed by atoms with Crippen molar-refractivity contribution < 1.29 is 13.5 Å². The van der Waals surface area contributed by atoms with Crippen LogP contribution in [-0.2, 0) is 6.61 Å². The van der Waals surface area contributed by atoms with Gasteiger partial charge in [0.25, 0.3) is 0 Å². The minimum absolute atomic E-state index is 0.0840. The molecule has 0 atom stereocenters. The smallest absolute Gasteiger partial charge is 0.165 e. The van der Waals surface area contributed by atoms with Crippen molar-refractivity contribution in [2.45, 2.75) is 6.61 Å². The number of nitriles is 1. The lowest BCUT2D eigenvalue weighted by Crippen LogP contribution is -2.01. The van der Waals surface area contributed by atoms with E-state index in [1.807, 2.05) is 6.07 Å². The van der Waals surface area contributed by atoms with Gasteiger partial charge in [-0.25, -0.2) is 8.78 Å². The normalized spacial score (nSPS) is 9.95. The van der Waals surface area contributed by atoms with E-state index in [4.69, 9.17) is 15.7 Å². The van der Waals surface area contributed by atoms with E-state index in [0.717, 1.165) is 6.07 Å². The molecule has 0 heterocycles. The predicted molar refractivity (Wildman–Crippen MR) is 66.3 cm³/mol. The van der Waals surface area contributed by atoms with Crippen LogP contribution in [0.1, 0.15) is 11.1 Å². The van der Waals surface area contributed by atoms with Gasteiger partial charge in [0.15, 0.2) is 11.6 Å². The number of nitrogens with zero attached hydrogens (tertiary/aromatic N) is 1. The Bertz CT molecular complexity index is 650. The molecular formula is C14H10F2N2O. The van der Waals surface area contributed by atoms with Gasteiger partial charge in [-0.05, 0) is 24.3 Å². The molecule has 19 heavy (non-hydrogen) atoms. The fourth-order valence-electron chi connectivity index (χ4n) is 1.58. The molecule has 0 aromatic heterocycles. The van der Waals surface area contributed by atoms with Gasteiger partial charge in [-0.3, -0.25) is 0 Å².